The van der Waals surface area contributed by atoms with Crippen LogP contribution in [-0.4, -0.2) is 32.2 Å². The van der Waals surface area contributed by atoms with Gasteiger partial charge in [-0.3, -0.25) is 4.79 Å². The summed E-state index contributed by atoms with van der Waals surface area (Å²) in [4.78, 5) is 13.3. The summed E-state index contributed by atoms with van der Waals surface area (Å²) in [6.45, 7) is 0.744. The van der Waals surface area contributed by atoms with E-state index in [-0.39, 0.29) is 28.6 Å². The fourth-order valence-electron chi connectivity index (χ4n) is 3.95. The Balaban J connectivity index is 1.64. The molecule has 0 aliphatic rings. The predicted molar refractivity (Wildman–Crippen MR) is 149 cm³/mol. The van der Waals surface area contributed by atoms with Gasteiger partial charge in [0, 0.05) is 11.6 Å². The van der Waals surface area contributed by atoms with Crippen LogP contribution in [0.3, 0.4) is 0 Å². The third-order valence-electron chi connectivity index (χ3n) is 5.96. The largest absolute Gasteiger partial charge is 0.504 e. The number of benzene rings is 4. The lowest BCUT2D eigenvalue weighted by Crippen LogP contribution is -2.03. The number of hydrogen-bond acceptors (Lipinski definition) is 7. The number of carbonyl (C=O) groups is 1. The van der Waals surface area contributed by atoms with Gasteiger partial charge >= 0.3 is 0 Å². The van der Waals surface area contributed by atoms with Crippen LogP contribution in [0.2, 0.25) is 0 Å². The predicted octanol–water partition coefficient (Wildman–Crippen LogP) is 6.47. The maximum atomic E-state index is 13.3. The number of phenols is 1. The molecule has 0 heterocycles. The molecular weight excluding hydrogens is 496 g/mol. The zero-order chi connectivity index (χ0) is 27.6. The first-order chi connectivity index (χ1) is 19.0. The molecule has 4 aromatic carbocycles. The highest BCUT2D eigenvalue weighted by atomic mass is 16.5. The van der Waals surface area contributed by atoms with E-state index >= 15 is 0 Å². The van der Waals surface area contributed by atoms with Gasteiger partial charge in [-0.15, -0.1) is 0 Å². The van der Waals surface area contributed by atoms with Crippen LogP contribution in [0.5, 0.6) is 34.5 Å². The lowest BCUT2D eigenvalue weighted by Gasteiger charge is -2.15. The highest BCUT2D eigenvalue weighted by Crippen LogP contribution is 2.44. The summed E-state index contributed by atoms with van der Waals surface area (Å²) in [5.41, 5.74) is 2.62. The number of rotatable bonds is 12. The van der Waals surface area contributed by atoms with E-state index < -0.39 is 5.78 Å². The number of ketones is 1. The molecule has 1 N–H and O–H groups in total. The standard InChI is InChI=1S/C32H30O7/c1-35-28-19-29(36-2)32(37-3)31(34)30(28)26(33)16-14-24-18-25(38-20-22-10-6-4-7-11-22)15-17-27(24)39-21-23-12-8-5-9-13-23/h4-19,34H,20-21H2,1-3H3. The van der Waals surface area contributed by atoms with Gasteiger partial charge in [0.05, 0.1) is 21.3 Å². The van der Waals surface area contributed by atoms with Crippen molar-refractivity contribution >= 4 is 11.9 Å². The Hall–Kier alpha value is -4.91. The van der Waals surface area contributed by atoms with E-state index in [2.05, 4.69) is 0 Å². The Labute approximate surface area is 227 Å². The van der Waals surface area contributed by atoms with Crippen LogP contribution in [0.1, 0.15) is 27.0 Å². The SMILES string of the molecule is COc1cc(OC)c(C(=O)C=Cc2cc(OCc3ccccc3)ccc2OCc2ccccc2)c(O)c1OC. The Morgan fingerprint density at radius 1 is 0.718 bits per heavy atom. The minimum atomic E-state index is -0.491. The zero-order valence-corrected chi connectivity index (χ0v) is 22.0. The van der Waals surface area contributed by atoms with Crippen LogP contribution in [0, 0.1) is 0 Å². The van der Waals surface area contributed by atoms with Crippen LogP contribution in [-0.2, 0) is 13.2 Å². The van der Waals surface area contributed by atoms with E-state index in [1.807, 2.05) is 72.8 Å². The number of allylic oxidation sites excluding steroid dienone is 1. The summed E-state index contributed by atoms with van der Waals surface area (Å²) in [7, 11) is 4.22. The van der Waals surface area contributed by atoms with Gasteiger partial charge in [-0.1, -0.05) is 60.7 Å². The quantitative estimate of drug-likeness (QED) is 0.167. The molecule has 0 amide bonds. The number of hydrogen-bond donors (Lipinski definition) is 1. The van der Waals surface area contributed by atoms with Crippen LogP contribution in [0.4, 0.5) is 0 Å². The summed E-state index contributed by atoms with van der Waals surface area (Å²) < 4.78 is 27.9. The van der Waals surface area contributed by atoms with Crippen LogP contribution >= 0.6 is 0 Å². The first-order valence-electron chi connectivity index (χ1n) is 12.3. The Morgan fingerprint density at radius 2 is 1.33 bits per heavy atom. The first kappa shape index (κ1) is 27.1. The number of methoxy groups -OCH3 is 3. The summed E-state index contributed by atoms with van der Waals surface area (Å²) in [6.07, 6.45) is 2.96. The lowest BCUT2D eigenvalue weighted by atomic mass is 10.0. The molecular formula is C32H30O7. The van der Waals surface area contributed by atoms with Crippen LogP contribution in [0.25, 0.3) is 6.08 Å². The van der Waals surface area contributed by atoms with Gasteiger partial charge in [-0.25, -0.2) is 0 Å². The van der Waals surface area contributed by atoms with Gasteiger partial charge in [0.25, 0.3) is 0 Å². The maximum absolute atomic E-state index is 13.3. The topological polar surface area (TPSA) is 83.5 Å². The van der Waals surface area contributed by atoms with Crippen molar-refractivity contribution in [1.82, 2.24) is 0 Å². The highest BCUT2D eigenvalue weighted by Gasteiger charge is 2.24. The van der Waals surface area contributed by atoms with E-state index in [0.29, 0.717) is 30.3 Å². The minimum Gasteiger partial charge on any atom is -0.504 e. The third kappa shape index (κ3) is 6.70. The van der Waals surface area contributed by atoms with Crippen molar-refractivity contribution < 1.29 is 33.6 Å². The molecule has 0 fully saturated rings. The van der Waals surface area contributed by atoms with Crippen molar-refractivity contribution in [3.05, 3.63) is 113 Å². The molecule has 4 rings (SSSR count). The molecule has 4 aromatic rings. The van der Waals surface area contributed by atoms with E-state index in [1.54, 1.807) is 12.1 Å². The minimum absolute atomic E-state index is 0.0400. The van der Waals surface area contributed by atoms with Crippen LogP contribution < -0.4 is 23.7 Å². The highest BCUT2D eigenvalue weighted by molar-refractivity contribution is 6.11. The van der Waals surface area contributed by atoms with Crippen molar-refractivity contribution in [3.8, 4) is 34.5 Å². The molecule has 0 atom stereocenters. The Kier molecular flexibility index (Phi) is 9.08. The molecule has 0 bridgehead atoms. The van der Waals surface area contributed by atoms with Crippen molar-refractivity contribution in [3.63, 3.8) is 0 Å². The lowest BCUT2D eigenvalue weighted by molar-refractivity contribution is 0.104. The molecule has 0 aliphatic heterocycles. The number of phenolic OH excluding ortho intramolecular Hbond substituents is 1. The van der Waals surface area contributed by atoms with Crippen molar-refractivity contribution in [1.29, 1.82) is 0 Å². The number of carbonyl (C=O) groups excluding carboxylic acids is 1. The summed E-state index contributed by atoms with van der Waals surface area (Å²) in [5.74, 6) is 0.757. The van der Waals surface area contributed by atoms with Crippen molar-refractivity contribution in [2.75, 3.05) is 21.3 Å². The Morgan fingerprint density at radius 3 is 1.92 bits per heavy atom. The van der Waals surface area contributed by atoms with E-state index in [9.17, 15) is 9.90 Å². The van der Waals surface area contributed by atoms with E-state index in [4.69, 9.17) is 23.7 Å². The van der Waals surface area contributed by atoms with Gasteiger partial charge < -0.3 is 28.8 Å². The summed E-state index contributed by atoms with van der Waals surface area (Å²) in [6, 6.07) is 26.5. The second kappa shape index (κ2) is 13.1. The smallest absolute Gasteiger partial charge is 0.204 e. The molecule has 39 heavy (non-hydrogen) atoms. The van der Waals surface area contributed by atoms with Gasteiger partial charge in [0.15, 0.2) is 17.3 Å². The molecule has 0 aliphatic carbocycles. The molecule has 0 aromatic heterocycles. The summed E-state index contributed by atoms with van der Waals surface area (Å²) in [5, 5.41) is 10.8. The monoisotopic (exact) mass is 526 g/mol. The fraction of sp³-hybridized carbons (Fsp3) is 0.156. The van der Waals surface area contributed by atoms with Crippen molar-refractivity contribution in [2.45, 2.75) is 13.2 Å². The third-order valence-corrected chi connectivity index (χ3v) is 5.96. The number of ether oxygens (including phenoxy) is 5. The second-order valence-electron chi connectivity index (χ2n) is 8.48. The Bertz CT molecular complexity index is 1430. The first-order valence-corrected chi connectivity index (χ1v) is 12.3. The molecule has 7 heteroatoms. The molecule has 200 valence electrons. The average Bonchev–Trinajstić information content (AvgIpc) is 2.98. The molecule has 0 spiro atoms. The van der Waals surface area contributed by atoms with Crippen LogP contribution in [0.15, 0.2) is 91.0 Å². The van der Waals surface area contributed by atoms with Gasteiger partial charge in [-0.2, -0.15) is 0 Å². The number of aromatic hydroxyl groups is 1. The van der Waals surface area contributed by atoms with Gasteiger partial charge in [0.1, 0.15) is 36.0 Å². The summed E-state index contributed by atoms with van der Waals surface area (Å²) >= 11 is 0. The maximum Gasteiger partial charge on any atom is 0.204 e. The molecule has 0 saturated heterocycles. The van der Waals surface area contributed by atoms with Crippen molar-refractivity contribution in [2.24, 2.45) is 0 Å². The molecule has 0 radical (unpaired) electrons. The normalized spacial score (nSPS) is 10.7. The van der Waals surface area contributed by atoms with Gasteiger partial charge in [-0.05, 0) is 41.5 Å². The molecule has 0 saturated carbocycles. The fourth-order valence-corrected chi connectivity index (χ4v) is 3.95. The van der Waals surface area contributed by atoms with E-state index in [0.717, 1.165) is 11.1 Å². The molecule has 7 nitrogen and oxygen atoms in total. The molecule has 0 unspecified atom stereocenters. The van der Waals surface area contributed by atoms with E-state index in [1.165, 1.54) is 33.5 Å². The average molecular weight is 527 g/mol. The zero-order valence-electron chi connectivity index (χ0n) is 22.0. The van der Waals surface area contributed by atoms with Gasteiger partial charge in [0.2, 0.25) is 5.75 Å². The second-order valence-corrected chi connectivity index (χ2v) is 8.48.